The number of hydrogen-bond donors (Lipinski definition) is 2. The Morgan fingerprint density at radius 3 is 2.67 bits per heavy atom. The Balaban J connectivity index is 1.81. The summed E-state index contributed by atoms with van der Waals surface area (Å²) >= 11 is 0. The third-order valence-corrected chi connectivity index (χ3v) is 4.24. The number of fused-ring (bicyclic) bond motifs is 1. The first kappa shape index (κ1) is 17.1. The summed E-state index contributed by atoms with van der Waals surface area (Å²) in [4.78, 5) is 13.3. The quantitative estimate of drug-likeness (QED) is 0.743. The SMILES string of the molecule is COc1ccc2c(NC3=NCC=C3)nc(C(O)c3ccc(F)cc3)nc2c1. The van der Waals surface area contributed by atoms with Crippen LogP contribution in [0.2, 0.25) is 0 Å². The van der Waals surface area contributed by atoms with Crippen LogP contribution in [0.1, 0.15) is 17.5 Å². The zero-order valence-electron chi connectivity index (χ0n) is 14.6. The second-order valence-corrected chi connectivity index (χ2v) is 6.02. The first-order chi connectivity index (χ1) is 13.1. The van der Waals surface area contributed by atoms with Crippen molar-refractivity contribution >= 4 is 22.6 Å². The standard InChI is InChI=1S/C20H17FN4O2/c1-27-14-8-9-15-16(11-14)23-20(18(26)12-4-6-13(21)7-5-12)25-19(15)24-17-3-2-10-22-17/h2-9,11,18,26H,10H2,1H3,(H,22,23,24,25). The monoisotopic (exact) mass is 364 g/mol. The van der Waals surface area contributed by atoms with Crippen LogP contribution in [0.4, 0.5) is 10.2 Å². The van der Waals surface area contributed by atoms with Crippen molar-refractivity contribution in [3.05, 3.63) is 71.8 Å². The third-order valence-electron chi connectivity index (χ3n) is 4.24. The summed E-state index contributed by atoms with van der Waals surface area (Å²) < 4.78 is 18.5. The van der Waals surface area contributed by atoms with Gasteiger partial charge in [0.25, 0.3) is 0 Å². The largest absolute Gasteiger partial charge is 0.497 e. The Morgan fingerprint density at radius 2 is 1.96 bits per heavy atom. The van der Waals surface area contributed by atoms with E-state index >= 15 is 0 Å². The van der Waals surface area contributed by atoms with Crippen molar-refractivity contribution < 1.29 is 14.2 Å². The van der Waals surface area contributed by atoms with E-state index in [0.717, 1.165) is 5.39 Å². The lowest BCUT2D eigenvalue weighted by atomic mass is 10.1. The average Bonchev–Trinajstić information content (AvgIpc) is 3.20. The molecule has 0 saturated carbocycles. The minimum atomic E-state index is -1.09. The molecule has 4 rings (SSSR count). The number of aliphatic hydroxyl groups excluding tert-OH is 1. The molecule has 1 unspecified atom stereocenters. The van der Waals surface area contributed by atoms with Gasteiger partial charge in [0.05, 0.1) is 19.2 Å². The molecule has 0 aliphatic carbocycles. The topological polar surface area (TPSA) is 79.6 Å². The van der Waals surface area contributed by atoms with Crippen LogP contribution in [0.15, 0.2) is 59.6 Å². The highest BCUT2D eigenvalue weighted by atomic mass is 19.1. The summed E-state index contributed by atoms with van der Waals surface area (Å²) in [6.07, 6.45) is 2.71. The van der Waals surface area contributed by atoms with E-state index in [1.165, 1.54) is 24.3 Å². The summed E-state index contributed by atoms with van der Waals surface area (Å²) in [6, 6.07) is 11.0. The highest BCUT2D eigenvalue weighted by Crippen LogP contribution is 2.28. The second-order valence-electron chi connectivity index (χ2n) is 6.02. The molecule has 0 spiro atoms. The number of ether oxygens (including phenoxy) is 1. The highest BCUT2D eigenvalue weighted by Gasteiger charge is 2.18. The van der Waals surface area contributed by atoms with E-state index < -0.39 is 6.10 Å². The van der Waals surface area contributed by atoms with E-state index in [2.05, 4.69) is 20.3 Å². The number of anilines is 1. The molecule has 27 heavy (non-hydrogen) atoms. The van der Waals surface area contributed by atoms with Crippen molar-refractivity contribution in [2.75, 3.05) is 19.0 Å². The van der Waals surface area contributed by atoms with E-state index in [1.54, 1.807) is 13.2 Å². The Hall–Kier alpha value is -3.32. The van der Waals surface area contributed by atoms with Crippen LogP contribution in [-0.2, 0) is 0 Å². The van der Waals surface area contributed by atoms with Crippen molar-refractivity contribution in [2.24, 2.45) is 4.99 Å². The summed E-state index contributed by atoms with van der Waals surface area (Å²) in [6.45, 7) is 0.615. The number of aromatic nitrogens is 2. The number of halogens is 1. The van der Waals surface area contributed by atoms with Crippen LogP contribution in [0.5, 0.6) is 5.75 Å². The minimum Gasteiger partial charge on any atom is -0.497 e. The van der Waals surface area contributed by atoms with Gasteiger partial charge in [0, 0.05) is 11.5 Å². The van der Waals surface area contributed by atoms with Crippen LogP contribution in [0, 0.1) is 5.82 Å². The van der Waals surface area contributed by atoms with E-state index in [9.17, 15) is 9.50 Å². The van der Waals surface area contributed by atoms with Crippen LogP contribution in [0.3, 0.4) is 0 Å². The molecule has 0 amide bonds. The number of hydrogen-bond acceptors (Lipinski definition) is 6. The lowest BCUT2D eigenvalue weighted by Gasteiger charge is -2.14. The van der Waals surface area contributed by atoms with Crippen molar-refractivity contribution in [3.8, 4) is 5.75 Å². The fourth-order valence-corrected chi connectivity index (χ4v) is 2.84. The van der Waals surface area contributed by atoms with Gasteiger partial charge in [-0.1, -0.05) is 18.2 Å². The number of rotatable bonds is 4. The predicted octanol–water partition coefficient (Wildman–Crippen LogP) is 3.24. The van der Waals surface area contributed by atoms with Gasteiger partial charge < -0.3 is 15.2 Å². The van der Waals surface area contributed by atoms with Gasteiger partial charge in [0.2, 0.25) is 0 Å². The van der Waals surface area contributed by atoms with Crippen LogP contribution < -0.4 is 10.1 Å². The Bertz CT molecular complexity index is 1050. The number of methoxy groups -OCH3 is 1. The Morgan fingerprint density at radius 1 is 1.15 bits per heavy atom. The maximum absolute atomic E-state index is 13.2. The normalized spacial score (nSPS) is 14.3. The molecular formula is C20H17FN4O2. The molecule has 1 aliphatic heterocycles. The molecule has 3 aromatic rings. The highest BCUT2D eigenvalue weighted by molar-refractivity contribution is 6.08. The van der Waals surface area contributed by atoms with Crippen molar-refractivity contribution in [1.82, 2.24) is 9.97 Å². The van der Waals surface area contributed by atoms with Gasteiger partial charge in [-0.15, -0.1) is 0 Å². The summed E-state index contributed by atoms with van der Waals surface area (Å²) in [5.41, 5.74) is 1.12. The van der Waals surface area contributed by atoms with E-state index in [1.807, 2.05) is 24.3 Å². The predicted molar refractivity (Wildman–Crippen MR) is 102 cm³/mol. The summed E-state index contributed by atoms with van der Waals surface area (Å²) in [5, 5.41) is 14.7. The molecule has 2 N–H and O–H groups in total. The van der Waals surface area contributed by atoms with E-state index in [-0.39, 0.29) is 11.6 Å². The van der Waals surface area contributed by atoms with Crippen molar-refractivity contribution in [1.29, 1.82) is 0 Å². The molecule has 1 atom stereocenters. The van der Waals surface area contributed by atoms with Gasteiger partial charge in [0.1, 0.15) is 29.3 Å². The second kappa shape index (κ2) is 7.13. The maximum atomic E-state index is 13.2. The van der Waals surface area contributed by atoms with E-state index in [0.29, 0.717) is 35.0 Å². The number of aliphatic hydroxyl groups is 1. The molecule has 2 aromatic carbocycles. The zero-order valence-corrected chi connectivity index (χ0v) is 14.6. The fraction of sp³-hybridized carbons (Fsp3) is 0.150. The lowest BCUT2D eigenvalue weighted by Crippen LogP contribution is -2.13. The molecule has 0 saturated heterocycles. The number of aliphatic imine (C=N–C) groups is 1. The lowest BCUT2D eigenvalue weighted by molar-refractivity contribution is 0.210. The molecular weight excluding hydrogens is 347 g/mol. The first-order valence-corrected chi connectivity index (χ1v) is 8.41. The molecule has 2 heterocycles. The maximum Gasteiger partial charge on any atom is 0.164 e. The number of nitrogens with zero attached hydrogens (tertiary/aromatic N) is 3. The molecule has 0 radical (unpaired) electrons. The molecule has 1 aromatic heterocycles. The third kappa shape index (κ3) is 3.50. The smallest absolute Gasteiger partial charge is 0.164 e. The van der Waals surface area contributed by atoms with Gasteiger partial charge in [-0.2, -0.15) is 0 Å². The van der Waals surface area contributed by atoms with Gasteiger partial charge in [-0.3, -0.25) is 4.99 Å². The van der Waals surface area contributed by atoms with Gasteiger partial charge in [0.15, 0.2) is 5.82 Å². The number of amidine groups is 1. The Kier molecular flexibility index (Phi) is 4.52. The van der Waals surface area contributed by atoms with Gasteiger partial charge in [-0.25, -0.2) is 14.4 Å². The van der Waals surface area contributed by atoms with Gasteiger partial charge in [-0.05, 0) is 35.9 Å². The number of nitrogens with one attached hydrogen (secondary N) is 1. The minimum absolute atomic E-state index is 0.201. The van der Waals surface area contributed by atoms with Gasteiger partial charge >= 0.3 is 0 Å². The molecule has 1 aliphatic rings. The zero-order chi connectivity index (χ0) is 18.8. The van der Waals surface area contributed by atoms with Crippen LogP contribution >= 0.6 is 0 Å². The molecule has 7 heteroatoms. The molecule has 0 fully saturated rings. The van der Waals surface area contributed by atoms with Crippen LogP contribution in [0.25, 0.3) is 10.9 Å². The first-order valence-electron chi connectivity index (χ1n) is 8.41. The summed E-state index contributed by atoms with van der Waals surface area (Å²) in [5.74, 6) is 1.69. The Labute approximate surface area is 155 Å². The van der Waals surface area contributed by atoms with E-state index in [4.69, 9.17) is 4.74 Å². The average molecular weight is 364 g/mol. The van der Waals surface area contributed by atoms with Crippen LogP contribution in [-0.4, -0.2) is 34.6 Å². The molecule has 0 bridgehead atoms. The molecule has 6 nitrogen and oxygen atoms in total. The van der Waals surface area contributed by atoms with Crippen molar-refractivity contribution in [3.63, 3.8) is 0 Å². The molecule has 136 valence electrons. The van der Waals surface area contributed by atoms with Crippen molar-refractivity contribution in [2.45, 2.75) is 6.10 Å². The summed E-state index contributed by atoms with van der Waals surface area (Å²) in [7, 11) is 1.58. The number of benzene rings is 2. The fourth-order valence-electron chi connectivity index (χ4n) is 2.84.